The second-order valence-electron chi connectivity index (χ2n) is 7.21. The highest BCUT2D eigenvalue weighted by molar-refractivity contribution is 5.76. The van der Waals surface area contributed by atoms with E-state index in [0.29, 0.717) is 19.1 Å². The Morgan fingerprint density at radius 2 is 1.97 bits per heavy atom. The summed E-state index contributed by atoms with van der Waals surface area (Å²) in [7, 11) is 0. The molecule has 6 nitrogen and oxygen atoms in total. The van der Waals surface area contributed by atoms with Crippen molar-refractivity contribution < 1.29 is 13.9 Å². The third-order valence-electron chi connectivity index (χ3n) is 5.21. The lowest BCUT2D eigenvalue weighted by atomic mass is 9.87. The number of aromatic nitrogens is 3. The third-order valence-corrected chi connectivity index (χ3v) is 5.21. The molecule has 29 heavy (non-hydrogen) atoms. The Morgan fingerprint density at radius 1 is 1.17 bits per heavy atom. The van der Waals surface area contributed by atoms with Gasteiger partial charge >= 0.3 is 0 Å². The highest BCUT2D eigenvalue weighted by atomic mass is 19.1. The van der Waals surface area contributed by atoms with Crippen LogP contribution in [0.5, 0.6) is 0 Å². The molecule has 3 aromatic rings. The van der Waals surface area contributed by atoms with Crippen molar-refractivity contribution in [3.63, 3.8) is 0 Å². The monoisotopic (exact) mass is 394 g/mol. The molecule has 150 valence electrons. The lowest BCUT2D eigenvalue weighted by molar-refractivity contribution is -0.123. The van der Waals surface area contributed by atoms with E-state index in [1.807, 2.05) is 12.1 Å². The SMILES string of the molecule is O=C(Cn1cc(-c2ccc(F)cc2)cn1)NC(c1cccnc1)C1CCOCC1. The first kappa shape index (κ1) is 19.3. The fourth-order valence-corrected chi connectivity index (χ4v) is 3.69. The van der Waals surface area contributed by atoms with Gasteiger partial charge in [0.15, 0.2) is 0 Å². The van der Waals surface area contributed by atoms with Crippen LogP contribution < -0.4 is 5.32 Å². The van der Waals surface area contributed by atoms with Gasteiger partial charge in [0.1, 0.15) is 12.4 Å². The van der Waals surface area contributed by atoms with Crippen molar-refractivity contribution in [1.29, 1.82) is 0 Å². The molecule has 1 atom stereocenters. The summed E-state index contributed by atoms with van der Waals surface area (Å²) in [6.07, 6.45) is 8.80. The first-order chi connectivity index (χ1) is 14.2. The van der Waals surface area contributed by atoms with Crippen LogP contribution in [-0.2, 0) is 16.1 Å². The van der Waals surface area contributed by atoms with Gasteiger partial charge in [-0.25, -0.2) is 4.39 Å². The molecule has 1 fully saturated rings. The molecule has 1 unspecified atom stereocenters. The summed E-state index contributed by atoms with van der Waals surface area (Å²) in [5.74, 6) is -0.0847. The molecule has 3 heterocycles. The molecule has 0 radical (unpaired) electrons. The number of carbonyl (C=O) groups excluding carboxylic acids is 1. The van der Waals surface area contributed by atoms with Crippen LogP contribution >= 0.6 is 0 Å². The number of ether oxygens (including phenoxy) is 1. The Bertz CT molecular complexity index is 937. The van der Waals surface area contributed by atoms with Gasteiger partial charge in [-0.1, -0.05) is 18.2 Å². The Hall–Kier alpha value is -3.06. The van der Waals surface area contributed by atoms with Crippen LogP contribution in [0.4, 0.5) is 4.39 Å². The van der Waals surface area contributed by atoms with Crippen LogP contribution in [-0.4, -0.2) is 33.9 Å². The zero-order valence-electron chi connectivity index (χ0n) is 16.0. The van der Waals surface area contributed by atoms with Crippen molar-refractivity contribution in [1.82, 2.24) is 20.1 Å². The van der Waals surface area contributed by atoms with Crippen LogP contribution in [0.15, 0.2) is 61.2 Å². The largest absolute Gasteiger partial charge is 0.381 e. The zero-order chi connectivity index (χ0) is 20.1. The van der Waals surface area contributed by atoms with Gasteiger partial charge in [0.2, 0.25) is 5.91 Å². The molecule has 1 amide bonds. The highest BCUT2D eigenvalue weighted by Gasteiger charge is 2.27. The molecule has 0 bridgehead atoms. The molecule has 7 heteroatoms. The fraction of sp³-hybridized carbons (Fsp3) is 0.318. The molecule has 4 rings (SSSR count). The molecule has 1 N–H and O–H groups in total. The molecule has 2 aromatic heterocycles. The van der Waals surface area contributed by atoms with E-state index >= 15 is 0 Å². The maximum Gasteiger partial charge on any atom is 0.242 e. The van der Waals surface area contributed by atoms with Crippen molar-refractivity contribution >= 4 is 5.91 Å². The van der Waals surface area contributed by atoms with Crippen LogP contribution in [0, 0.1) is 11.7 Å². The van der Waals surface area contributed by atoms with E-state index in [4.69, 9.17) is 4.74 Å². The lowest BCUT2D eigenvalue weighted by Crippen LogP contribution is -2.37. The van der Waals surface area contributed by atoms with Gasteiger partial charge in [-0.2, -0.15) is 5.10 Å². The number of carbonyl (C=O) groups is 1. The number of rotatable bonds is 6. The molecule has 1 aliphatic rings. The maximum atomic E-state index is 13.1. The number of halogens is 1. The Labute approximate surface area is 168 Å². The van der Waals surface area contributed by atoms with Crippen molar-refractivity contribution in [3.8, 4) is 11.1 Å². The summed E-state index contributed by atoms with van der Waals surface area (Å²) in [6.45, 7) is 1.52. The van der Waals surface area contributed by atoms with Crippen molar-refractivity contribution in [2.75, 3.05) is 13.2 Å². The molecule has 0 spiro atoms. The molecular formula is C22H23FN4O2. The second kappa shape index (κ2) is 8.96. The van der Waals surface area contributed by atoms with Gasteiger partial charge < -0.3 is 10.1 Å². The minimum atomic E-state index is -0.282. The summed E-state index contributed by atoms with van der Waals surface area (Å²) >= 11 is 0. The van der Waals surface area contributed by atoms with Gasteiger partial charge in [0.25, 0.3) is 0 Å². The topological polar surface area (TPSA) is 69.0 Å². The van der Waals surface area contributed by atoms with Gasteiger partial charge in [-0.3, -0.25) is 14.5 Å². The Morgan fingerprint density at radius 3 is 2.69 bits per heavy atom. The molecule has 0 aliphatic carbocycles. The van der Waals surface area contributed by atoms with Crippen molar-refractivity contribution in [2.45, 2.75) is 25.4 Å². The fourth-order valence-electron chi connectivity index (χ4n) is 3.69. The summed E-state index contributed by atoms with van der Waals surface area (Å²) in [5.41, 5.74) is 2.69. The summed E-state index contributed by atoms with van der Waals surface area (Å²) < 4.78 is 20.2. The van der Waals surface area contributed by atoms with Crippen LogP contribution in [0.2, 0.25) is 0 Å². The van der Waals surface area contributed by atoms with E-state index in [9.17, 15) is 9.18 Å². The number of hydrogen-bond acceptors (Lipinski definition) is 4. The zero-order valence-corrected chi connectivity index (χ0v) is 16.0. The molecule has 0 saturated carbocycles. The predicted octanol–water partition coefficient (Wildman–Crippen LogP) is 3.37. The molecular weight excluding hydrogens is 371 g/mol. The average molecular weight is 394 g/mol. The quantitative estimate of drug-likeness (QED) is 0.696. The number of benzene rings is 1. The van der Waals surface area contributed by atoms with E-state index in [2.05, 4.69) is 15.4 Å². The first-order valence-corrected chi connectivity index (χ1v) is 9.74. The van der Waals surface area contributed by atoms with E-state index in [1.54, 1.807) is 41.6 Å². The summed E-state index contributed by atoms with van der Waals surface area (Å²) in [5, 5.41) is 7.44. The van der Waals surface area contributed by atoms with Gasteiger partial charge in [0.05, 0.1) is 12.2 Å². The van der Waals surface area contributed by atoms with E-state index in [1.165, 1.54) is 12.1 Å². The number of pyridine rings is 1. The van der Waals surface area contributed by atoms with Gasteiger partial charge in [-0.15, -0.1) is 0 Å². The van der Waals surface area contributed by atoms with Gasteiger partial charge in [-0.05, 0) is 48.1 Å². The smallest absolute Gasteiger partial charge is 0.242 e. The molecule has 1 aliphatic heterocycles. The van der Waals surface area contributed by atoms with Crippen molar-refractivity contribution in [2.24, 2.45) is 5.92 Å². The minimum Gasteiger partial charge on any atom is -0.381 e. The Kier molecular flexibility index (Phi) is 5.95. The van der Waals surface area contributed by atoms with Crippen LogP contribution in [0.1, 0.15) is 24.4 Å². The molecule has 1 aromatic carbocycles. The summed E-state index contributed by atoms with van der Waals surface area (Å²) in [4.78, 5) is 17.0. The standard InChI is InChI=1S/C22H23FN4O2/c23-20-5-3-16(4-6-20)19-13-25-27(14-19)15-21(28)26-22(17-7-10-29-11-8-17)18-2-1-9-24-12-18/h1-6,9,12-14,17,22H,7-8,10-11,15H2,(H,26,28). The van der Waals surface area contributed by atoms with Gasteiger partial charge in [0, 0.05) is 37.4 Å². The first-order valence-electron chi connectivity index (χ1n) is 9.74. The second-order valence-corrected chi connectivity index (χ2v) is 7.21. The third kappa shape index (κ3) is 4.86. The Balaban J connectivity index is 1.45. The normalized spacial score (nSPS) is 15.8. The predicted molar refractivity (Wildman–Crippen MR) is 106 cm³/mol. The minimum absolute atomic E-state index is 0.104. The van der Waals surface area contributed by atoms with E-state index < -0.39 is 0 Å². The van der Waals surface area contributed by atoms with Crippen LogP contribution in [0.3, 0.4) is 0 Å². The average Bonchev–Trinajstić information content (AvgIpc) is 3.22. The van der Waals surface area contributed by atoms with Crippen LogP contribution in [0.25, 0.3) is 11.1 Å². The van der Waals surface area contributed by atoms with E-state index in [0.717, 1.165) is 29.5 Å². The molecule has 1 saturated heterocycles. The number of nitrogens with zero attached hydrogens (tertiary/aromatic N) is 3. The highest BCUT2D eigenvalue weighted by Crippen LogP contribution is 2.29. The maximum absolute atomic E-state index is 13.1. The van der Waals surface area contributed by atoms with E-state index in [-0.39, 0.29) is 24.3 Å². The number of nitrogens with one attached hydrogen (secondary N) is 1. The lowest BCUT2D eigenvalue weighted by Gasteiger charge is -2.31. The summed E-state index contributed by atoms with van der Waals surface area (Å²) in [6, 6.07) is 9.98. The number of amides is 1. The number of hydrogen-bond donors (Lipinski definition) is 1. The van der Waals surface area contributed by atoms with Crippen molar-refractivity contribution in [3.05, 3.63) is 72.6 Å².